The Morgan fingerprint density at radius 3 is 2.76 bits per heavy atom. The average molecular weight is 492 g/mol. The molecule has 12 heteroatoms. The lowest BCUT2D eigenvalue weighted by molar-refractivity contribution is -0.0479. The summed E-state index contributed by atoms with van der Waals surface area (Å²) < 4.78 is 33.8. The first-order valence-electron chi connectivity index (χ1n) is 10.5. The van der Waals surface area contributed by atoms with Crippen LogP contribution in [0, 0.1) is 28.4 Å². The van der Waals surface area contributed by atoms with Gasteiger partial charge in [-0.15, -0.1) is 0 Å². The first kappa shape index (κ1) is 23.9. The second-order valence-electron chi connectivity index (χ2n) is 8.33. The molecule has 0 bridgehead atoms. The van der Waals surface area contributed by atoms with Crippen LogP contribution in [0.25, 0.3) is 0 Å². The smallest absolute Gasteiger partial charge is 0.278 e. The molecule has 1 aromatic carbocycles. The number of carbonyl (C=O) groups is 1. The van der Waals surface area contributed by atoms with Crippen LogP contribution in [0.1, 0.15) is 35.0 Å². The van der Waals surface area contributed by atoms with Gasteiger partial charge in [-0.1, -0.05) is 24.8 Å². The number of thioether (sulfide) groups is 1. The maximum Gasteiger partial charge on any atom is 0.278 e. The van der Waals surface area contributed by atoms with Gasteiger partial charge in [0.25, 0.3) is 5.91 Å². The van der Waals surface area contributed by atoms with Gasteiger partial charge < -0.3 is 14.7 Å². The third kappa shape index (κ3) is 3.96. The monoisotopic (exact) mass is 491 g/mol. The van der Waals surface area contributed by atoms with Gasteiger partial charge >= 0.3 is 0 Å². The molecule has 180 valence electrons. The molecular weight excluding hydrogens is 468 g/mol. The molecule has 4 N–H and O–H groups in total. The molecule has 1 saturated heterocycles. The van der Waals surface area contributed by atoms with Crippen molar-refractivity contribution in [1.29, 1.82) is 10.8 Å². The minimum Gasteiger partial charge on any atom is -0.502 e. The summed E-state index contributed by atoms with van der Waals surface area (Å²) in [6.07, 6.45) is 1.52. The number of carbonyl (C=O) groups excluding carboxylic acids is 1. The SMILES string of the molecule is CC1COCCC12Nn1cc(C(=N)SC(=N)Cc3ccc(F)cc3F)c(=O)c(O)c1C(=O)N2C. The molecule has 1 amide bonds. The minimum atomic E-state index is -0.927. The molecule has 2 aliphatic heterocycles. The van der Waals surface area contributed by atoms with E-state index in [0.717, 1.165) is 6.07 Å². The van der Waals surface area contributed by atoms with Crippen LogP contribution in [-0.2, 0) is 11.2 Å². The van der Waals surface area contributed by atoms with Crippen LogP contribution in [-0.4, -0.2) is 56.6 Å². The first-order chi connectivity index (χ1) is 16.0. The lowest BCUT2D eigenvalue weighted by Gasteiger charge is -2.52. The van der Waals surface area contributed by atoms with Crippen molar-refractivity contribution in [3.63, 3.8) is 0 Å². The normalized spacial score (nSPS) is 21.8. The molecule has 3 heterocycles. The molecule has 0 aliphatic carbocycles. The van der Waals surface area contributed by atoms with Crippen LogP contribution in [0.4, 0.5) is 8.78 Å². The highest BCUT2D eigenvalue weighted by atomic mass is 32.2. The second kappa shape index (κ2) is 8.84. The molecule has 2 aliphatic rings. The quantitative estimate of drug-likeness (QED) is 0.385. The summed E-state index contributed by atoms with van der Waals surface area (Å²) in [4.78, 5) is 27.3. The lowest BCUT2D eigenvalue weighted by Crippen LogP contribution is -2.68. The molecule has 4 rings (SSSR count). The van der Waals surface area contributed by atoms with Crippen LogP contribution in [0.3, 0.4) is 0 Å². The van der Waals surface area contributed by atoms with E-state index < -0.39 is 34.4 Å². The number of fused-ring (bicyclic) bond motifs is 1. The summed E-state index contributed by atoms with van der Waals surface area (Å²) in [5.41, 5.74) is 1.06. The predicted octanol–water partition coefficient (Wildman–Crippen LogP) is 2.49. The van der Waals surface area contributed by atoms with E-state index >= 15 is 0 Å². The van der Waals surface area contributed by atoms with E-state index in [1.165, 1.54) is 21.8 Å². The van der Waals surface area contributed by atoms with Gasteiger partial charge in [0.05, 0.1) is 23.8 Å². The number of ether oxygens (including phenoxy) is 1. The van der Waals surface area contributed by atoms with Crippen LogP contribution >= 0.6 is 11.8 Å². The van der Waals surface area contributed by atoms with E-state index in [1.807, 2.05) is 6.92 Å². The van der Waals surface area contributed by atoms with Crippen molar-refractivity contribution >= 4 is 27.8 Å². The maximum absolute atomic E-state index is 13.9. The van der Waals surface area contributed by atoms with Gasteiger partial charge in [-0.2, -0.15) is 0 Å². The van der Waals surface area contributed by atoms with E-state index in [4.69, 9.17) is 15.6 Å². The Hall–Kier alpha value is -3.25. The number of hydrogen-bond donors (Lipinski definition) is 4. The number of halogens is 2. The number of aromatic hydroxyl groups is 1. The summed E-state index contributed by atoms with van der Waals surface area (Å²) in [7, 11) is 1.59. The van der Waals surface area contributed by atoms with Crippen molar-refractivity contribution in [3.05, 3.63) is 63.1 Å². The van der Waals surface area contributed by atoms with Gasteiger partial charge in [-0.3, -0.25) is 30.5 Å². The predicted molar refractivity (Wildman–Crippen MR) is 123 cm³/mol. The van der Waals surface area contributed by atoms with E-state index in [1.54, 1.807) is 7.05 Å². The molecule has 1 spiro atoms. The average Bonchev–Trinajstić information content (AvgIpc) is 2.78. The second-order valence-corrected chi connectivity index (χ2v) is 9.44. The molecular formula is C22H23F2N5O4S. The number of amides is 1. The number of hydrogen-bond acceptors (Lipinski definition) is 8. The van der Waals surface area contributed by atoms with Gasteiger partial charge in [-0.25, -0.2) is 8.78 Å². The number of rotatable bonds is 3. The first-order valence-corrected chi connectivity index (χ1v) is 11.3. The van der Waals surface area contributed by atoms with Gasteiger partial charge in [0.2, 0.25) is 5.43 Å². The molecule has 0 radical (unpaired) electrons. The number of nitrogens with zero attached hydrogens (tertiary/aromatic N) is 2. The highest BCUT2D eigenvalue weighted by molar-refractivity contribution is 8.26. The zero-order valence-electron chi connectivity index (χ0n) is 18.4. The van der Waals surface area contributed by atoms with Gasteiger partial charge in [0.1, 0.15) is 22.3 Å². The van der Waals surface area contributed by atoms with Gasteiger partial charge in [0, 0.05) is 38.1 Å². The molecule has 1 fully saturated rings. The lowest BCUT2D eigenvalue weighted by atomic mass is 9.87. The topological polar surface area (TPSA) is 132 Å². The van der Waals surface area contributed by atoms with Crippen LogP contribution in [0.15, 0.2) is 29.2 Å². The Morgan fingerprint density at radius 2 is 2.09 bits per heavy atom. The van der Waals surface area contributed by atoms with Crippen molar-refractivity contribution in [3.8, 4) is 5.75 Å². The summed E-state index contributed by atoms with van der Waals surface area (Å²) in [5.74, 6) is -3.02. The van der Waals surface area contributed by atoms with Crippen molar-refractivity contribution in [2.24, 2.45) is 5.92 Å². The summed E-state index contributed by atoms with van der Waals surface area (Å²) in [6, 6.07) is 2.99. The number of aromatic nitrogens is 1. The fourth-order valence-corrected chi connectivity index (χ4v) is 5.00. The zero-order chi connectivity index (χ0) is 24.8. The molecule has 34 heavy (non-hydrogen) atoms. The van der Waals surface area contributed by atoms with E-state index in [0.29, 0.717) is 37.5 Å². The maximum atomic E-state index is 13.9. The minimum absolute atomic E-state index is 0.0717. The zero-order valence-corrected chi connectivity index (χ0v) is 19.3. The van der Waals surface area contributed by atoms with Crippen molar-refractivity contribution in [1.82, 2.24) is 9.58 Å². The Bertz CT molecular complexity index is 1270. The largest absolute Gasteiger partial charge is 0.502 e. The third-order valence-electron chi connectivity index (χ3n) is 6.25. The molecule has 2 atom stereocenters. The number of pyridine rings is 1. The summed E-state index contributed by atoms with van der Waals surface area (Å²) in [6.45, 7) is 2.73. The van der Waals surface area contributed by atoms with Crippen LogP contribution < -0.4 is 10.9 Å². The fraction of sp³-hybridized carbons (Fsp3) is 0.364. The highest BCUT2D eigenvalue weighted by Crippen LogP contribution is 2.36. The van der Waals surface area contributed by atoms with Crippen molar-refractivity contribution < 1.29 is 23.4 Å². The summed E-state index contributed by atoms with van der Waals surface area (Å²) >= 11 is 0.602. The van der Waals surface area contributed by atoms with Crippen molar-refractivity contribution in [2.45, 2.75) is 25.4 Å². The number of benzene rings is 1. The van der Waals surface area contributed by atoms with Gasteiger partial charge in [-0.05, 0) is 11.6 Å². The fourth-order valence-electron chi connectivity index (χ4n) is 4.27. The number of nitrogens with one attached hydrogen (secondary N) is 3. The molecule has 1 aromatic heterocycles. The van der Waals surface area contributed by atoms with Crippen LogP contribution in [0.5, 0.6) is 5.75 Å². The standard InChI is InChI=1S/C22H23F2N5O4S/c1-11-10-33-6-5-22(11)27-29-9-14(18(30)19(31)17(29)21(32)28(22)2)20(26)34-16(25)7-12-3-4-13(23)8-15(12)24/h3-4,8-9,11,25-27,31H,5-7,10H2,1-2H3. The Kier molecular flexibility index (Phi) is 6.21. The van der Waals surface area contributed by atoms with Crippen molar-refractivity contribution in [2.75, 3.05) is 25.7 Å². The van der Waals surface area contributed by atoms with E-state index in [2.05, 4.69) is 5.43 Å². The molecule has 2 aromatic rings. The Labute approximate surface area is 197 Å². The molecule has 0 saturated carbocycles. The molecule has 9 nitrogen and oxygen atoms in total. The van der Waals surface area contributed by atoms with E-state index in [9.17, 15) is 23.5 Å². The Morgan fingerprint density at radius 1 is 1.35 bits per heavy atom. The van der Waals surface area contributed by atoms with E-state index in [-0.39, 0.29) is 39.2 Å². The Balaban J connectivity index is 1.63. The third-order valence-corrected chi connectivity index (χ3v) is 7.06. The molecule has 2 unspecified atom stereocenters. The highest BCUT2D eigenvalue weighted by Gasteiger charge is 2.49. The van der Waals surface area contributed by atoms with Crippen LogP contribution in [0.2, 0.25) is 0 Å². The van der Waals surface area contributed by atoms with Gasteiger partial charge in [0.15, 0.2) is 11.4 Å². The summed E-state index contributed by atoms with van der Waals surface area (Å²) in [5, 5.41) is 26.5.